The van der Waals surface area contributed by atoms with Crippen molar-refractivity contribution in [1.82, 2.24) is 0 Å². The molecule has 0 saturated carbocycles. The molecule has 0 atom stereocenters. The van der Waals surface area contributed by atoms with Crippen molar-refractivity contribution in [3.8, 4) is 0 Å². The van der Waals surface area contributed by atoms with Crippen LogP contribution in [-0.4, -0.2) is 18.2 Å². The minimum atomic E-state index is -0.138. The van der Waals surface area contributed by atoms with E-state index in [1.54, 1.807) is 34.9 Å². The lowest BCUT2D eigenvalue weighted by Gasteiger charge is -2.29. The van der Waals surface area contributed by atoms with Crippen molar-refractivity contribution >= 4 is 40.6 Å². The van der Waals surface area contributed by atoms with Crippen LogP contribution in [0.2, 0.25) is 5.02 Å². The molecule has 5 heteroatoms. The second-order valence-electron chi connectivity index (χ2n) is 4.48. The van der Waals surface area contributed by atoms with Gasteiger partial charge < -0.3 is 10.6 Å². The molecule has 0 aliphatic carbocycles. The topological polar surface area (TPSA) is 46.3 Å². The smallest absolute Gasteiger partial charge is 0.261 e. The highest BCUT2D eigenvalue weighted by molar-refractivity contribution is 7.99. The molecule has 20 heavy (non-hydrogen) atoms. The van der Waals surface area contributed by atoms with Crippen LogP contribution in [0, 0.1) is 0 Å². The predicted molar refractivity (Wildman–Crippen MR) is 84.7 cm³/mol. The Morgan fingerprint density at radius 1 is 1.20 bits per heavy atom. The summed E-state index contributed by atoms with van der Waals surface area (Å²) in [5, 5.41) is 0.394. The summed E-state index contributed by atoms with van der Waals surface area (Å²) in [5.74, 6) is 0.730. The molecule has 0 fully saturated rings. The number of hydrogen-bond donors (Lipinski definition) is 1. The zero-order chi connectivity index (χ0) is 14.1. The molecule has 0 saturated heterocycles. The van der Waals surface area contributed by atoms with Crippen molar-refractivity contribution < 1.29 is 4.79 Å². The number of nitrogen functional groups attached to an aromatic ring is 1. The third-order valence-electron chi connectivity index (χ3n) is 3.23. The van der Waals surface area contributed by atoms with Gasteiger partial charge in [-0.2, -0.15) is 0 Å². The lowest BCUT2D eigenvalue weighted by Crippen LogP contribution is -2.36. The van der Waals surface area contributed by atoms with Crippen LogP contribution in [0.25, 0.3) is 0 Å². The molecule has 3 rings (SSSR count). The lowest BCUT2D eigenvalue weighted by atomic mass is 10.1. The second-order valence-corrected chi connectivity index (χ2v) is 6.02. The Labute approximate surface area is 126 Å². The molecule has 1 amide bonds. The van der Waals surface area contributed by atoms with E-state index in [0.29, 0.717) is 22.8 Å². The summed E-state index contributed by atoms with van der Waals surface area (Å²) >= 11 is 7.89. The molecule has 0 spiro atoms. The number of anilines is 2. The van der Waals surface area contributed by atoms with E-state index in [2.05, 4.69) is 0 Å². The van der Waals surface area contributed by atoms with Gasteiger partial charge in [-0.3, -0.25) is 4.79 Å². The number of hydrogen-bond acceptors (Lipinski definition) is 3. The number of para-hydroxylation sites is 1. The summed E-state index contributed by atoms with van der Waals surface area (Å²) in [6.07, 6.45) is 0. The third-order valence-corrected chi connectivity index (χ3v) is 4.59. The highest BCUT2D eigenvalue weighted by Crippen LogP contribution is 2.36. The molecule has 0 aromatic heterocycles. The van der Waals surface area contributed by atoms with Gasteiger partial charge >= 0.3 is 0 Å². The number of thioether (sulfide) groups is 1. The Morgan fingerprint density at radius 3 is 2.80 bits per heavy atom. The third kappa shape index (κ3) is 2.25. The highest BCUT2D eigenvalue weighted by atomic mass is 35.5. The molecule has 0 unspecified atom stereocenters. The maximum atomic E-state index is 12.8. The zero-order valence-corrected chi connectivity index (χ0v) is 12.2. The number of amides is 1. The maximum Gasteiger partial charge on any atom is 0.261 e. The van der Waals surface area contributed by atoms with Gasteiger partial charge in [0.05, 0.1) is 16.3 Å². The Balaban J connectivity index is 2.05. The fraction of sp³-hybridized carbons (Fsp3) is 0.133. The van der Waals surface area contributed by atoms with Crippen LogP contribution in [0.4, 0.5) is 11.4 Å². The van der Waals surface area contributed by atoms with Crippen LogP contribution in [0.1, 0.15) is 10.4 Å². The molecular formula is C15H13ClN2OS. The molecule has 2 aromatic rings. The first-order valence-corrected chi connectivity index (χ1v) is 7.62. The number of benzene rings is 2. The first-order chi connectivity index (χ1) is 9.68. The monoisotopic (exact) mass is 304 g/mol. The summed E-state index contributed by atoms with van der Waals surface area (Å²) in [5.41, 5.74) is 7.64. The van der Waals surface area contributed by atoms with Crippen LogP contribution >= 0.6 is 23.4 Å². The van der Waals surface area contributed by atoms with E-state index in [-0.39, 0.29) is 5.91 Å². The van der Waals surface area contributed by atoms with Gasteiger partial charge in [0, 0.05) is 22.9 Å². The largest absolute Gasteiger partial charge is 0.398 e. The molecule has 2 aromatic carbocycles. The van der Waals surface area contributed by atoms with Crippen LogP contribution < -0.4 is 10.6 Å². The number of carbonyl (C=O) groups is 1. The number of fused-ring (bicyclic) bond motifs is 1. The van der Waals surface area contributed by atoms with Crippen LogP contribution in [-0.2, 0) is 0 Å². The molecule has 2 N–H and O–H groups in total. The summed E-state index contributed by atoms with van der Waals surface area (Å²) in [6.45, 7) is 0.658. The predicted octanol–water partition coefficient (Wildman–Crippen LogP) is 3.67. The van der Waals surface area contributed by atoms with Crippen molar-refractivity contribution in [3.63, 3.8) is 0 Å². The van der Waals surface area contributed by atoms with Gasteiger partial charge in [0.25, 0.3) is 5.91 Å². The van der Waals surface area contributed by atoms with E-state index in [0.717, 1.165) is 16.3 Å². The van der Waals surface area contributed by atoms with Gasteiger partial charge in [0.2, 0.25) is 0 Å². The quantitative estimate of drug-likeness (QED) is 0.818. The highest BCUT2D eigenvalue weighted by Gasteiger charge is 2.26. The lowest BCUT2D eigenvalue weighted by molar-refractivity contribution is 0.0988. The maximum absolute atomic E-state index is 12.8. The Morgan fingerprint density at radius 2 is 2.00 bits per heavy atom. The van der Waals surface area contributed by atoms with Gasteiger partial charge in [-0.05, 0) is 24.3 Å². The number of nitrogens with two attached hydrogens (primary N) is 1. The molecule has 102 valence electrons. The van der Waals surface area contributed by atoms with Crippen molar-refractivity contribution in [2.75, 3.05) is 22.9 Å². The van der Waals surface area contributed by atoms with Crippen molar-refractivity contribution in [3.05, 3.63) is 53.1 Å². The molecule has 3 nitrogen and oxygen atoms in total. The number of rotatable bonds is 1. The summed E-state index contributed by atoms with van der Waals surface area (Å²) in [4.78, 5) is 15.6. The first-order valence-electron chi connectivity index (χ1n) is 6.26. The minimum Gasteiger partial charge on any atom is -0.398 e. The minimum absolute atomic E-state index is 0.138. The molecule has 1 aliphatic heterocycles. The normalized spacial score (nSPS) is 13.9. The summed E-state index contributed by atoms with van der Waals surface area (Å²) in [6, 6.07) is 13.0. The van der Waals surface area contributed by atoms with Crippen molar-refractivity contribution in [2.45, 2.75) is 4.90 Å². The van der Waals surface area contributed by atoms with Crippen LogP contribution in [0.5, 0.6) is 0 Å². The molecular weight excluding hydrogens is 292 g/mol. The van der Waals surface area contributed by atoms with E-state index in [1.165, 1.54) is 0 Å². The van der Waals surface area contributed by atoms with E-state index in [1.807, 2.05) is 24.3 Å². The van der Waals surface area contributed by atoms with E-state index in [4.69, 9.17) is 17.3 Å². The Hall–Kier alpha value is -1.65. The molecule has 0 bridgehead atoms. The fourth-order valence-corrected chi connectivity index (χ4v) is 3.54. The van der Waals surface area contributed by atoms with Gasteiger partial charge in [-0.25, -0.2) is 0 Å². The SMILES string of the molecule is Nc1cccc(Cl)c1C(=O)N1CCSc2ccccc21. The first kappa shape index (κ1) is 13.3. The Kier molecular flexibility index (Phi) is 3.59. The zero-order valence-electron chi connectivity index (χ0n) is 10.7. The fourth-order valence-electron chi connectivity index (χ4n) is 2.28. The average molecular weight is 305 g/mol. The van der Waals surface area contributed by atoms with Crippen molar-refractivity contribution in [1.29, 1.82) is 0 Å². The van der Waals surface area contributed by atoms with Gasteiger partial charge in [0.1, 0.15) is 0 Å². The van der Waals surface area contributed by atoms with Crippen molar-refractivity contribution in [2.24, 2.45) is 0 Å². The molecule has 0 radical (unpaired) electrons. The number of carbonyl (C=O) groups excluding carboxylic acids is 1. The number of halogens is 1. The van der Waals surface area contributed by atoms with Crippen LogP contribution in [0.3, 0.4) is 0 Å². The van der Waals surface area contributed by atoms with E-state index < -0.39 is 0 Å². The molecule has 1 aliphatic rings. The number of nitrogens with zero attached hydrogens (tertiary/aromatic N) is 1. The van der Waals surface area contributed by atoms with E-state index in [9.17, 15) is 4.79 Å². The van der Waals surface area contributed by atoms with Gasteiger partial charge in [-0.1, -0.05) is 29.8 Å². The Bertz CT molecular complexity index is 654. The standard InChI is InChI=1S/C15H13ClN2OS/c16-10-4-3-5-11(17)14(10)15(19)18-8-9-20-13-7-2-1-6-12(13)18/h1-7H,8-9,17H2. The average Bonchev–Trinajstić information content (AvgIpc) is 2.46. The second kappa shape index (κ2) is 5.38. The van der Waals surface area contributed by atoms with Crippen LogP contribution in [0.15, 0.2) is 47.4 Å². The van der Waals surface area contributed by atoms with Gasteiger partial charge in [0.15, 0.2) is 0 Å². The van der Waals surface area contributed by atoms with E-state index >= 15 is 0 Å². The summed E-state index contributed by atoms with van der Waals surface area (Å²) in [7, 11) is 0. The molecule has 1 heterocycles. The summed E-state index contributed by atoms with van der Waals surface area (Å²) < 4.78 is 0. The van der Waals surface area contributed by atoms with Gasteiger partial charge in [-0.15, -0.1) is 11.8 Å².